The molecule has 0 fully saturated rings. The summed E-state index contributed by atoms with van der Waals surface area (Å²) in [5.74, 6) is -0.446. The average molecular weight is 478 g/mol. The highest BCUT2D eigenvalue weighted by Crippen LogP contribution is 2.27. The lowest BCUT2D eigenvalue weighted by Gasteiger charge is -2.26. The molecule has 0 bridgehead atoms. The van der Waals surface area contributed by atoms with Gasteiger partial charge in [0, 0.05) is 17.3 Å². The number of anilines is 1. The van der Waals surface area contributed by atoms with E-state index in [1.54, 1.807) is 23.6 Å². The molecule has 6 nitrogen and oxygen atoms in total. The Labute approximate surface area is 191 Å². The van der Waals surface area contributed by atoms with Gasteiger partial charge in [-0.3, -0.25) is 9.52 Å². The molecule has 31 heavy (non-hydrogen) atoms. The molecule has 1 amide bonds. The van der Waals surface area contributed by atoms with Crippen LogP contribution in [0.3, 0.4) is 0 Å². The normalized spacial score (nSPS) is 12.5. The Morgan fingerprint density at radius 3 is 2.42 bits per heavy atom. The Balaban J connectivity index is 1.77. The summed E-state index contributed by atoms with van der Waals surface area (Å²) < 4.78 is 28.3. The van der Waals surface area contributed by atoms with Crippen molar-refractivity contribution in [3.8, 4) is 0 Å². The summed E-state index contributed by atoms with van der Waals surface area (Å²) in [4.78, 5) is 14.9. The number of aryl methyl sites for hydroxylation is 1. The second kappa shape index (κ2) is 9.82. The number of hydrogen-bond donors (Lipinski definition) is 2. The van der Waals surface area contributed by atoms with Crippen LogP contribution in [0.15, 0.2) is 64.9 Å². The Hall–Kier alpha value is -2.39. The number of hydrogen-bond acceptors (Lipinski definition) is 5. The predicted octanol–water partition coefficient (Wildman–Crippen LogP) is 4.54. The summed E-state index contributed by atoms with van der Waals surface area (Å²) in [7, 11) is -0.113. The van der Waals surface area contributed by atoms with Gasteiger partial charge in [-0.25, -0.2) is 8.42 Å². The van der Waals surface area contributed by atoms with Crippen molar-refractivity contribution in [3.63, 3.8) is 0 Å². The van der Waals surface area contributed by atoms with Crippen molar-refractivity contribution >= 4 is 44.6 Å². The molecule has 3 rings (SSSR count). The van der Waals surface area contributed by atoms with Crippen molar-refractivity contribution < 1.29 is 13.2 Å². The number of benzene rings is 2. The largest absolute Gasteiger partial charge is 0.349 e. The number of carbonyl (C=O) groups is 1. The van der Waals surface area contributed by atoms with Gasteiger partial charge in [0.15, 0.2) is 0 Å². The zero-order valence-corrected chi connectivity index (χ0v) is 19.8. The molecule has 0 aliphatic rings. The fourth-order valence-electron chi connectivity index (χ4n) is 3.09. The smallest absolute Gasteiger partial charge is 0.263 e. The number of thiophene rings is 1. The monoisotopic (exact) mass is 477 g/mol. The molecule has 3 aromatic rings. The van der Waals surface area contributed by atoms with Crippen LogP contribution in [0.4, 0.5) is 5.69 Å². The number of halogens is 1. The molecule has 1 aromatic heterocycles. The summed E-state index contributed by atoms with van der Waals surface area (Å²) in [6, 6.07) is 15.7. The van der Waals surface area contributed by atoms with Crippen molar-refractivity contribution in [3.05, 3.63) is 81.0 Å². The minimum atomic E-state index is -3.90. The molecule has 2 N–H and O–H groups in total. The highest BCUT2D eigenvalue weighted by Gasteiger charge is 2.25. The van der Waals surface area contributed by atoms with Gasteiger partial charge in [0.05, 0.1) is 6.04 Å². The minimum Gasteiger partial charge on any atom is -0.349 e. The Kier molecular flexibility index (Phi) is 7.38. The van der Waals surface area contributed by atoms with Crippen LogP contribution in [0.25, 0.3) is 0 Å². The fourth-order valence-corrected chi connectivity index (χ4v) is 5.76. The van der Waals surface area contributed by atoms with Crippen molar-refractivity contribution in [2.24, 2.45) is 0 Å². The van der Waals surface area contributed by atoms with Crippen LogP contribution in [0.1, 0.15) is 26.8 Å². The molecule has 0 unspecified atom stereocenters. The number of nitrogens with zero attached hydrogens (tertiary/aromatic N) is 1. The molecular weight excluding hydrogens is 454 g/mol. The van der Waals surface area contributed by atoms with E-state index in [0.717, 1.165) is 22.5 Å². The van der Waals surface area contributed by atoms with E-state index in [-0.39, 0.29) is 22.4 Å². The van der Waals surface area contributed by atoms with Crippen molar-refractivity contribution in [1.82, 2.24) is 10.2 Å². The number of rotatable bonds is 8. The first-order valence-corrected chi connectivity index (χ1v) is 12.3. The maximum absolute atomic E-state index is 12.9. The topological polar surface area (TPSA) is 78.5 Å². The third-order valence-electron chi connectivity index (χ3n) is 4.77. The van der Waals surface area contributed by atoms with E-state index in [1.807, 2.05) is 56.3 Å². The highest BCUT2D eigenvalue weighted by atomic mass is 35.5. The van der Waals surface area contributed by atoms with Crippen LogP contribution in [-0.4, -0.2) is 39.9 Å². The highest BCUT2D eigenvalue weighted by molar-refractivity contribution is 7.93. The van der Waals surface area contributed by atoms with E-state index >= 15 is 0 Å². The molecule has 0 spiro atoms. The SMILES string of the molecule is Cc1ccc(NS(=O)(=O)c2ccsc2C(=O)NC[C@@H](c2ccccc2Cl)N(C)C)cc1. The number of likely N-dealkylation sites (N-methyl/N-ethyl adjacent to an activating group) is 1. The summed E-state index contributed by atoms with van der Waals surface area (Å²) in [5, 5.41) is 5.06. The lowest BCUT2D eigenvalue weighted by Crippen LogP contribution is -2.35. The molecule has 0 saturated heterocycles. The van der Waals surface area contributed by atoms with E-state index in [1.165, 1.54) is 6.07 Å². The van der Waals surface area contributed by atoms with Gasteiger partial charge >= 0.3 is 0 Å². The van der Waals surface area contributed by atoms with Crippen molar-refractivity contribution in [1.29, 1.82) is 0 Å². The van der Waals surface area contributed by atoms with Gasteiger partial charge in [-0.1, -0.05) is 47.5 Å². The molecule has 164 valence electrons. The van der Waals surface area contributed by atoms with Gasteiger partial charge in [-0.15, -0.1) is 11.3 Å². The Morgan fingerprint density at radius 1 is 1.10 bits per heavy atom. The van der Waals surface area contributed by atoms with Gasteiger partial charge in [0.1, 0.15) is 9.77 Å². The second-order valence-corrected chi connectivity index (χ2v) is 10.3. The maximum atomic E-state index is 12.9. The zero-order valence-electron chi connectivity index (χ0n) is 17.4. The molecule has 1 heterocycles. The Bertz CT molecular complexity index is 1160. The van der Waals surface area contributed by atoms with E-state index in [2.05, 4.69) is 10.0 Å². The first-order chi connectivity index (χ1) is 14.7. The standard InChI is InChI=1S/C22H24ClN3O3S2/c1-15-8-10-16(11-9-15)25-31(28,29)20-12-13-30-21(20)22(27)24-14-19(26(2)3)17-6-4-5-7-18(17)23/h4-13,19,25H,14H2,1-3H3,(H,24,27)/t19-/m0/s1. The number of nitrogens with one attached hydrogen (secondary N) is 2. The van der Waals surface area contributed by atoms with Crippen molar-refractivity contribution in [2.75, 3.05) is 25.4 Å². The van der Waals surface area contributed by atoms with Crippen LogP contribution >= 0.6 is 22.9 Å². The molecule has 0 aliphatic carbocycles. The van der Waals surface area contributed by atoms with E-state index < -0.39 is 15.9 Å². The molecular formula is C22H24ClN3O3S2. The third kappa shape index (κ3) is 5.65. The van der Waals surface area contributed by atoms with Crippen LogP contribution in [0.5, 0.6) is 0 Å². The summed E-state index contributed by atoms with van der Waals surface area (Å²) in [5.41, 5.74) is 2.34. The maximum Gasteiger partial charge on any atom is 0.263 e. The lowest BCUT2D eigenvalue weighted by molar-refractivity contribution is 0.0943. The molecule has 1 atom stereocenters. The van der Waals surface area contributed by atoms with Gasteiger partial charge in [-0.05, 0) is 56.2 Å². The van der Waals surface area contributed by atoms with Crippen molar-refractivity contribution in [2.45, 2.75) is 17.9 Å². The fraction of sp³-hybridized carbons (Fsp3) is 0.227. The van der Waals surface area contributed by atoms with Gasteiger partial charge < -0.3 is 10.2 Å². The minimum absolute atomic E-state index is 0.0466. The number of amides is 1. The summed E-state index contributed by atoms with van der Waals surface area (Å²) >= 11 is 7.41. The zero-order chi connectivity index (χ0) is 22.6. The predicted molar refractivity (Wildman–Crippen MR) is 127 cm³/mol. The van der Waals surface area contributed by atoms with Gasteiger partial charge in [-0.2, -0.15) is 0 Å². The second-order valence-electron chi connectivity index (χ2n) is 7.30. The summed E-state index contributed by atoms with van der Waals surface area (Å²) in [6.07, 6.45) is 0. The number of carbonyl (C=O) groups excluding carboxylic acids is 1. The van der Waals surface area contributed by atoms with Gasteiger partial charge in [0.25, 0.3) is 15.9 Å². The molecule has 2 aromatic carbocycles. The molecule has 0 saturated carbocycles. The van der Waals surface area contributed by atoms with Crippen LogP contribution in [0, 0.1) is 6.92 Å². The van der Waals surface area contributed by atoms with Gasteiger partial charge in [0.2, 0.25) is 0 Å². The molecule has 0 radical (unpaired) electrons. The molecule has 0 aliphatic heterocycles. The van der Waals surface area contributed by atoms with E-state index in [4.69, 9.17) is 11.6 Å². The van der Waals surface area contributed by atoms with Crippen LogP contribution < -0.4 is 10.0 Å². The number of sulfonamides is 1. The Morgan fingerprint density at radius 2 is 1.77 bits per heavy atom. The van der Waals surface area contributed by atoms with E-state index in [0.29, 0.717) is 10.7 Å². The molecule has 9 heteroatoms. The van der Waals surface area contributed by atoms with Crippen LogP contribution in [0.2, 0.25) is 5.02 Å². The van der Waals surface area contributed by atoms with Crippen LogP contribution in [-0.2, 0) is 10.0 Å². The average Bonchev–Trinajstić information content (AvgIpc) is 3.22. The first-order valence-electron chi connectivity index (χ1n) is 9.55. The third-order valence-corrected chi connectivity index (χ3v) is 7.58. The summed E-state index contributed by atoms with van der Waals surface area (Å²) in [6.45, 7) is 2.20. The quantitative estimate of drug-likeness (QED) is 0.499. The van der Waals surface area contributed by atoms with E-state index in [9.17, 15) is 13.2 Å². The lowest BCUT2D eigenvalue weighted by atomic mass is 10.1. The first kappa shape index (κ1) is 23.3.